The largest absolute Gasteiger partial charge is 0.361 e. The molecule has 0 amide bonds. The van der Waals surface area contributed by atoms with Crippen LogP contribution in [0.15, 0.2) is 53.8 Å². The fourth-order valence-corrected chi connectivity index (χ4v) is 4.96. The van der Waals surface area contributed by atoms with Gasteiger partial charge in [-0.1, -0.05) is 12.1 Å². The summed E-state index contributed by atoms with van der Waals surface area (Å²) in [6.45, 7) is 1.95. The number of benzene rings is 2. The molecule has 2 aromatic carbocycles. The van der Waals surface area contributed by atoms with Gasteiger partial charge in [0, 0.05) is 41.2 Å². The van der Waals surface area contributed by atoms with E-state index in [4.69, 9.17) is 5.26 Å². The van der Waals surface area contributed by atoms with E-state index in [1.165, 1.54) is 13.4 Å². The number of anilines is 1. The third-order valence-corrected chi connectivity index (χ3v) is 7.18. The van der Waals surface area contributed by atoms with Crippen LogP contribution < -0.4 is 4.31 Å². The van der Waals surface area contributed by atoms with Crippen LogP contribution in [0.4, 0.5) is 5.13 Å². The number of H-pyrrole nitrogens is 1. The number of nitrogens with one attached hydrogen (secondary N) is 1. The van der Waals surface area contributed by atoms with E-state index in [2.05, 4.69) is 20.4 Å². The summed E-state index contributed by atoms with van der Waals surface area (Å²) >= 11 is 1.02. The molecule has 0 fully saturated rings. The zero-order valence-corrected chi connectivity index (χ0v) is 16.7. The average molecular weight is 409 g/mol. The summed E-state index contributed by atoms with van der Waals surface area (Å²) in [5.41, 5.74) is 4.25. The molecule has 4 rings (SSSR count). The van der Waals surface area contributed by atoms with Gasteiger partial charge in [-0.3, -0.25) is 0 Å². The minimum atomic E-state index is -3.74. The van der Waals surface area contributed by atoms with Crippen molar-refractivity contribution in [1.29, 1.82) is 5.26 Å². The van der Waals surface area contributed by atoms with Gasteiger partial charge in [-0.25, -0.2) is 17.7 Å². The lowest BCUT2D eigenvalue weighted by Gasteiger charge is -2.15. The average Bonchev–Trinajstić information content (AvgIpc) is 3.36. The number of rotatable bonds is 4. The molecule has 2 heterocycles. The van der Waals surface area contributed by atoms with Crippen molar-refractivity contribution in [2.45, 2.75) is 11.8 Å². The van der Waals surface area contributed by atoms with E-state index in [-0.39, 0.29) is 4.90 Å². The van der Waals surface area contributed by atoms with Crippen LogP contribution in [0.3, 0.4) is 0 Å². The SMILES string of the molecule is Cc1cc(C#N)ccc1-c1c[nH]c2cc(S(=O)(=O)N(C)c3ncns3)ccc12. The Morgan fingerprint density at radius 1 is 1.18 bits per heavy atom. The Bertz CT molecular complexity index is 1320. The number of hydrogen-bond acceptors (Lipinski definition) is 6. The van der Waals surface area contributed by atoms with Crippen LogP contribution in [-0.2, 0) is 10.0 Å². The molecular weight excluding hydrogens is 394 g/mol. The van der Waals surface area contributed by atoms with E-state index in [0.717, 1.165) is 37.9 Å². The number of hydrogen-bond donors (Lipinski definition) is 1. The Hall–Kier alpha value is -3.22. The quantitative estimate of drug-likeness (QED) is 0.554. The summed E-state index contributed by atoms with van der Waals surface area (Å²) in [5.74, 6) is 0. The molecule has 0 radical (unpaired) electrons. The van der Waals surface area contributed by atoms with Crippen molar-refractivity contribution in [3.63, 3.8) is 0 Å². The standard InChI is InChI=1S/C19H15N5O2S2/c1-12-7-13(9-20)3-5-15(12)17-10-21-18-8-14(4-6-16(17)18)28(25,26)24(2)19-22-11-23-27-19/h3-8,10-11,21H,1-2H3. The minimum Gasteiger partial charge on any atom is -0.361 e. The summed E-state index contributed by atoms with van der Waals surface area (Å²) in [7, 11) is -2.28. The lowest BCUT2D eigenvalue weighted by molar-refractivity contribution is 0.594. The first kappa shape index (κ1) is 18.2. The second-order valence-electron chi connectivity index (χ2n) is 6.25. The van der Waals surface area contributed by atoms with Crippen molar-refractivity contribution in [3.8, 4) is 17.2 Å². The number of aryl methyl sites for hydroxylation is 1. The second-order valence-corrected chi connectivity index (χ2v) is 8.98. The Labute approximate surface area is 166 Å². The van der Waals surface area contributed by atoms with E-state index in [1.54, 1.807) is 24.3 Å². The smallest absolute Gasteiger partial charge is 0.265 e. The highest BCUT2D eigenvalue weighted by atomic mass is 32.2. The van der Waals surface area contributed by atoms with Gasteiger partial charge in [0.15, 0.2) is 0 Å². The highest BCUT2D eigenvalue weighted by Crippen LogP contribution is 2.33. The fourth-order valence-electron chi connectivity index (χ4n) is 3.09. The maximum absolute atomic E-state index is 12.9. The van der Waals surface area contributed by atoms with E-state index in [0.29, 0.717) is 16.2 Å². The van der Waals surface area contributed by atoms with Gasteiger partial charge in [-0.15, -0.1) is 0 Å². The van der Waals surface area contributed by atoms with Gasteiger partial charge in [-0.2, -0.15) is 9.64 Å². The number of aromatic nitrogens is 3. The van der Waals surface area contributed by atoms with Crippen molar-refractivity contribution in [2.75, 3.05) is 11.4 Å². The summed E-state index contributed by atoms with van der Waals surface area (Å²) < 4.78 is 30.8. The predicted octanol–water partition coefficient (Wildman–Crippen LogP) is 3.69. The van der Waals surface area contributed by atoms with Crippen LogP contribution in [0.25, 0.3) is 22.0 Å². The molecule has 0 unspecified atom stereocenters. The Kier molecular flexibility index (Phi) is 4.37. The Morgan fingerprint density at radius 2 is 2.00 bits per heavy atom. The molecular formula is C19H15N5O2S2. The first-order valence-electron chi connectivity index (χ1n) is 8.29. The zero-order valence-electron chi connectivity index (χ0n) is 15.0. The van der Waals surface area contributed by atoms with Crippen molar-refractivity contribution in [1.82, 2.24) is 14.3 Å². The van der Waals surface area contributed by atoms with Crippen molar-refractivity contribution < 1.29 is 8.42 Å². The summed E-state index contributed by atoms with van der Waals surface area (Å²) in [5, 5.41) is 10.3. The maximum Gasteiger partial charge on any atom is 0.265 e. The molecule has 7 nitrogen and oxygen atoms in total. The van der Waals surface area contributed by atoms with Crippen LogP contribution in [0, 0.1) is 18.3 Å². The van der Waals surface area contributed by atoms with Gasteiger partial charge in [0.1, 0.15) is 6.33 Å². The van der Waals surface area contributed by atoms with Crippen LogP contribution >= 0.6 is 11.5 Å². The molecule has 0 atom stereocenters. The van der Waals surface area contributed by atoms with Gasteiger partial charge in [0.05, 0.1) is 16.5 Å². The second kappa shape index (κ2) is 6.74. The Morgan fingerprint density at radius 3 is 2.68 bits per heavy atom. The number of nitrogens with zero attached hydrogens (tertiary/aromatic N) is 4. The molecule has 9 heteroatoms. The molecule has 0 aliphatic carbocycles. The molecule has 0 bridgehead atoms. The third-order valence-electron chi connectivity index (χ3n) is 4.58. The number of sulfonamides is 1. The molecule has 0 saturated heterocycles. The topological polar surface area (TPSA) is 103 Å². The molecule has 2 aromatic heterocycles. The highest BCUT2D eigenvalue weighted by Gasteiger charge is 2.24. The van der Waals surface area contributed by atoms with Crippen LogP contribution in [0.1, 0.15) is 11.1 Å². The van der Waals surface area contributed by atoms with E-state index >= 15 is 0 Å². The summed E-state index contributed by atoms with van der Waals surface area (Å²) in [6.07, 6.45) is 3.18. The maximum atomic E-state index is 12.9. The molecule has 4 aromatic rings. The molecule has 0 saturated carbocycles. The first-order chi connectivity index (χ1) is 13.4. The third kappa shape index (κ3) is 2.93. The number of aromatic amines is 1. The lowest BCUT2D eigenvalue weighted by Crippen LogP contribution is -2.26. The van der Waals surface area contributed by atoms with Gasteiger partial charge in [-0.05, 0) is 42.3 Å². The fraction of sp³-hybridized carbons (Fsp3) is 0.105. The van der Waals surface area contributed by atoms with E-state index in [1.807, 2.05) is 25.3 Å². The Balaban J connectivity index is 1.78. The van der Waals surface area contributed by atoms with Gasteiger partial charge in [0.2, 0.25) is 5.13 Å². The molecule has 28 heavy (non-hydrogen) atoms. The number of nitriles is 1. The molecule has 0 spiro atoms. The minimum absolute atomic E-state index is 0.169. The highest BCUT2D eigenvalue weighted by molar-refractivity contribution is 7.93. The number of fused-ring (bicyclic) bond motifs is 1. The zero-order chi connectivity index (χ0) is 19.9. The lowest BCUT2D eigenvalue weighted by atomic mass is 9.98. The molecule has 1 N–H and O–H groups in total. The molecule has 140 valence electrons. The summed E-state index contributed by atoms with van der Waals surface area (Å²) in [4.78, 5) is 7.29. The van der Waals surface area contributed by atoms with Gasteiger partial charge < -0.3 is 4.98 Å². The normalized spacial score (nSPS) is 11.5. The van der Waals surface area contributed by atoms with Crippen molar-refractivity contribution in [3.05, 3.63) is 60.0 Å². The van der Waals surface area contributed by atoms with Crippen LogP contribution in [0.2, 0.25) is 0 Å². The van der Waals surface area contributed by atoms with E-state index in [9.17, 15) is 8.42 Å². The van der Waals surface area contributed by atoms with Gasteiger partial charge >= 0.3 is 0 Å². The van der Waals surface area contributed by atoms with Crippen molar-refractivity contribution >= 4 is 37.6 Å². The first-order valence-corrected chi connectivity index (χ1v) is 10.5. The van der Waals surface area contributed by atoms with Gasteiger partial charge in [0.25, 0.3) is 10.0 Å². The van der Waals surface area contributed by atoms with Crippen LogP contribution in [-0.4, -0.2) is 29.8 Å². The summed E-state index contributed by atoms with van der Waals surface area (Å²) in [6, 6.07) is 12.7. The van der Waals surface area contributed by atoms with Crippen molar-refractivity contribution in [2.24, 2.45) is 0 Å². The monoisotopic (exact) mass is 409 g/mol. The van der Waals surface area contributed by atoms with Crippen LogP contribution in [0.5, 0.6) is 0 Å². The van der Waals surface area contributed by atoms with E-state index < -0.39 is 10.0 Å². The molecule has 0 aliphatic rings. The predicted molar refractivity (Wildman–Crippen MR) is 109 cm³/mol. The molecule has 0 aliphatic heterocycles.